The first kappa shape index (κ1) is 14.1. The third-order valence-corrected chi connectivity index (χ3v) is 4.08. The van der Waals surface area contributed by atoms with E-state index in [2.05, 4.69) is 88.2 Å². The predicted molar refractivity (Wildman–Crippen MR) is 93.3 cm³/mol. The Balaban J connectivity index is 2.18. The summed E-state index contributed by atoms with van der Waals surface area (Å²) in [7, 11) is 0. The molecule has 106 valence electrons. The lowest BCUT2D eigenvalue weighted by molar-refractivity contribution is 0.982. The molecule has 3 aromatic rings. The van der Waals surface area contributed by atoms with Gasteiger partial charge in [-0.2, -0.15) is 0 Å². The first-order valence-corrected chi connectivity index (χ1v) is 7.87. The Morgan fingerprint density at radius 3 is 2.62 bits per heavy atom. The van der Waals surface area contributed by atoms with Gasteiger partial charge in [-0.3, -0.25) is 0 Å². The molecule has 0 saturated heterocycles. The second-order valence-electron chi connectivity index (χ2n) is 5.04. The second-order valence-corrected chi connectivity index (χ2v) is 5.95. The number of hydrogen-bond donors (Lipinski definition) is 0. The van der Waals surface area contributed by atoms with Gasteiger partial charge in [-0.25, -0.2) is 4.98 Å². The molecule has 0 bridgehead atoms. The zero-order valence-corrected chi connectivity index (χ0v) is 13.8. The van der Waals surface area contributed by atoms with Crippen LogP contribution in [0.3, 0.4) is 0 Å². The summed E-state index contributed by atoms with van der Waals surface area (Å²) in [4.78, 5) is 6.88. The molecule has 21 heavy (non-hydrogen) atoms. The molecular formula is C18H17BrN2. The molecule has 0 atom stereocenters. The van der Waals surface area contributed by atoms with Crippen molar-refractivity contribution in [3.8, 4) is 0 Å². The summed E-state index contributed by atoms with van der Waals surface area (Å²) in [5.74, 6) is 1.01. The molecule has 3 rings (SSSR count). The van der Waals surface area contributed by atoms with Gasteiger partial charge < -0.3 is 4.90 Å². The summed E-state index contributed by atoms with van der Waals surface area (Å²) in [5, 5.41) is 2.51. The molecule has 0 N–H and O–H groups in total. The van der Waals surface area contributed by atoms with Crippen molar-refractivity contribution >= 4 is 38.2 Å². The predicted octanol–water partition coefficient (Wildman–Crippen LogP) is 5.46. The number of anilines is 2. The summed E-state index contributed by atoms with van der Waals surface area (Å²) in [6.45, 7) is 5.13. The van der Waals surface area contributed by atoms with E-state index in [0.29, 0.717) is 0 Å². The number of rotatable bonds is 3. The average molecular weight is 341 g/mol. The van der Waals surface area contributed by atoms with Gasteiger partial charge in [0.25, 0.3) is 0 Å². The van der Waals surface area contributed by atoms with Crippen LogP contribution in [0.4, 0.5) is 11.5 Å². The fourth-order valence-electron chi connectivity index (χ4n) is 2.69. The van der Waals surface area contributed by atoms with Crippen LogP contribution in [0, 0.1) is 6.92 Å². The zero-order valence-electron chi connectivity index (χ0n) is 12.2. The highest BCUT2D eigenvalue weighted by molar-refractivity contribution is 9.10. The topological polar surface area (TPSA) is 16.1 Å². The Morgan fingerprint density at radius 1 is 1.10 bits per heavy atom. The quantitative estimate of drug-likeness (QED) is 0.628. The second kappa shape index (κ2) is 5.86. The lowest BCUT2D eigenvalue weighted by Crippen LogP contribution is -2.18. The van der Waals surface area contributed by atoms with Crippen LogP contribution in [0.2, 0.25) is 0 Å². The van der Waals surface area contributed by atoms with Crippen molar-refractivity contribution in [2.24, 2.45) is 0 Å². The highest BCUT2D eigenvalue weighted by atomic mass is 79.9. The van der Waals surface area contributed by atoms with E-state index in [1.54, 1.807) is 0 Å². The molecule has 0 amide bonds. The maximum atomic E-state index is 4.61. The summed E-state index contributed by atoms with van der Waals surface area (Å²) in [6.07, 6.45) is 1.86. The Labute approximate surface area is 133 Å². The van der Waals surface area contributed by atoms with Crippen LogP contribution in [0.15, 0.2) is 59.2 Å². The molecule has 3 heteroatoms. The minimum absolute atomic E-state index is 0.878. The Hall–Kier alpha value is -1.87. The third kappa shape index (κ3) is 2.66. The number of aromatic nitrogens is 1. The molecule has 0 radical (unpaired) electrons. The van der Waals surface area contributed by atoms with Crippen molar-refractivity contribution in [2.45, 2.75) is 13.8 Å². The van der Waals surface area contributed by atoms with Crippen molar-refractivity contribution in [2.75, 3.05) is 11.4 Å². The number of fused-ring (bicyclic) bond motifs is 1. The van der Waals surface area contributed by atoms with Gasteiger partial charge in [0.05, 0.1) is 5.69 Å². The monoisotopic (exact) mass is 340 g/mol. The van der Waals surface area contributed by atoms with E-state index in [-0.39, 0.29) is 0 Å². The van der Waals surface area contributed by atoms with E-state index in [9.17, 15) is 0 Å². The van der Waals surface area contributed by atoms with Crippen LogP contribution >= 0.6 is 15.9 Å². The van der Waals surface area contributed by atoms with Crippen LogP contribution in [-0.4, -0.2) is 11.5 Å². The first-order chi connectivity index (χ1) is 10.2. The normalized spacial score (nSPS) is 10.8. The van der Waals surface area contributed by atoms with Gasteiger partial charge in [0, 0.05) is 22.6 Å². The molecule has 2 aromatic carbocycles. The van der Waals surface area contributed by atoms with Gasteiger partial charge in [-0.05, 0) is 52.9 Å². The minimum atomic E-state index is 0.878. The van der Waals surface area contributed by atoms with Crippen molar-refractivity contribution in [1.29, 1.82) is 0 Å². The zero-order chi connectivity index (χ0) is 14.8. The largest absolute Gasteiger partial charge is 0.326 e. The first-order valence-electron chi connectivity index (χ1n) is 7.08. The van der Waals surface area contributed by atoms with Crippen LogP contribution in [0.1, 0.15) is 12.5 Å². The van der Waals surface area contributed by atoms with E-state index in [4.69, 9.17) is 0 Å². The highest BCUT2D eigenvalue weighted by Crippen LogP contribution is 2.33. The molecule has 0 aliphatic carbocycles. The van der Waals surface area contributed by atoms with Crippen LogP contribution < -0.4 is 4.90 Å². The van der Waals surface area contributed by atoms with Crippen LogP contribution in [0.5, 0.6) is 0 Å². The van der Waals surface area contributed by atoms with Crippen molar-refractivity contribution < 1.29 is 0 Å². The summed E-state index contributed by atoms with van der Waals surface area (Å²) in [5.41, 5.74) is 2.37. The Kier molecular flexibility index (Phi) is 3.93. The van der Waals surface area contributed by atoms with Crippen molar-refractivity contribution in [1.82, 2.24) is 4.98 Å². The molecular weight excluding hydrogens is 324 g/mol. The van der Waals surface area contributed by atoms with E-state index < -0.39 is 0 Å². The highest BCUT2D eigenvalue weighted by Gasteiger charge is 2.14. The van der Waals surface area contributed by atoms with E-state index >= 15 is 0 Å². The van der Waals surface area contributed by atoms with Crippen molar-refractivity contribution in [3.63, 3.8) is 0 Å². The van der Waals surface area contributed by atoms with E-state index in [0.717, 1.165) is 16.8 Å². The summed E-state index contributed by atoms with van der Waals surface area (Å²) in [6, 6.07) is 17.0. The molecule has 2 nitrogen and oxygen atoms in total. The number of benzene rings is 2. The average Bonchev–Trinajstić information content (AvgIpc) is 2.50. The molecule has 0 unspecified atom stereocenters. The number of aryl methyl sites for hydroxylation is 1. The standard InChI is InChI=1S/C18H17BrN2/c1-3-21(18-13(2)11-15(19)12-20-18)17-10-6-8-14-7-4-5-9-16(14)17/h4-12H,3H2,1-2H3. The lowest BCUT2D eigenvalue weighted by atomic mass is 10.1. The minimum Gasteiger partial charge on any atom is -0.326 e. The summed E-state index contributed by atoms with van der Waals surface area (Å²) < 4.78 is 1.01. The number of nitrogens with zero attached hydrogens (tertiary/aromatic N) is 2. The third-order valence-electron chi connectivity index (χ3n) is 3.65. The lowest BCUT2D eigenvalue weighted by Gasteiger charge is -2.25. The molecule has 1 heterocycles. The van der Waals surface area contributed by atoms with Gasteiger partial charge in [-0.15, -0.1) is 0 Å². The van der Waals surface area contributed by atoms with Crippen LogP contribution in [-0.2, 0) is 0 Å². The SMILES string of the molecule is CCN(c1ncc(Br)cc1C)c1cccc2ccccc12. The van der Waals surface area contributed by atoms with Gasteiger partial charge >= 0.3 is 0 Å². The number of halogens is 1. The molecule has 0 spiro atoms. The molecule has 0 saturated carbocycles. The fraction of sp³-hybridized carbons (Fsp3) is 0.167. The summed E-state index contributed by atoms with van der Waals surface area (Å²) >= 11 is 3.48. The van der Waals surface area contributed by atoms with Gasteiger partial charge in [0.1, 0.15) is 5.82 Å². The molecule has 0 aliphatic heterocycles. The molecule has 1 aromatic heterocycles. The van der Waals surface area contributed by atoms with Gasteiger partial charge in [0.2, 0.25) is 0 Å². The van der Waals surface area contributed by atoms with Gasteiger partial charge in [0.15, 0.2) is 0 Å². The molecule has 0 aliphatic rings. The maximum Gasteiger partial charge on any atom is 0.135 e. The molecule has 0 fully saturated rings. The van der Waals surface area contributed by atoms with E-state index in [1.165, 1.54) is 22.0 Å². The van der Waals surface area contributed by atoms with Gasteiger partial charge in [-0.1, -0.05) is 36.4 Å². The fourth-order valence-corrected chi connectivity index (χ4v) is 3.14. The van der Waals surface area contributed by atoms with Crippen LogP contribution in [0.25, 0.3) is 10.8 Å². The maximum absolute atomic E-state index is 4.61. The number of pyridine rings is 1. The Morgan fingerprint density at radius 2 is 1.86 bits per heavy atom. The number of hydrogen-bond acceptors (Lipinski definition) is 2. The Bertz CT molecular complexity index is 778. The van der Waals surface area contributed by atoms with Crippen molar-refractivity contribution in [3.05, 3.63) is 64.8 Å². The van der Waals surface area contributed by atoms with E-state index in [1.807, 2.05) is 6.20 Å². The smallest absolute Gasteiger partial charge is 0.135 e.